The summed E-state index contributed by atoms with van der Waals surface area (Å²) in [5.74, 6) is 0.107. The zero-order chi connectivity index (χ0) is 17.0. The Bertz CT molecular complexity index is 664. The summed E-state index contributed by atoms with van der Waals surface area (Å²) in [7, 11) is 0. The van der Waals surface area contributed by atoms with Crippen LogP contribution in [-0.4, -0.2) is 12.0 Å². The molecule has 0 bridgehead atoms. The number of hydrogen-bond acceptors (Lipinski definition) is 2. The van der Waals surface area contributed by atoms with E-state index in [1.165, 1.54) is 12.1 Å². The Morgan fingerprint density at radius 3 is 2.13 bits per heavy atom. The Balaban J connectivity index is 1.96. The van der Waals surface area contributed by atoms with Gasteiger partial charge in [0, 0.05) is 5.69 Å². The molecular formula is C17H16F3NO2. The first-order valence-corrected chi connectivity index (χ1v) is 6.97. The molecular weight excluding hydrogens is 307 g/mol. The molecule has 2 aromatic rings. The van der Waals surface area contributed by atoms with Crippen molar-refractivity contribution in [3.8, 4) is 5.75 Å². The average molecular weight is 323 g/mol. The van der Waals surface area contributed by atoms with E-state index in [1.807, 2.05) is 19.1 Å². The molecule has 0 aliphatic heterocycles. The molecule has 0 aromatic heterocycles. The molecule has 0 spiro atoms. The summed E-state index contributed by atoms with van der Waals surface area (Å²) in [6, 6.07) is 11.5. The van der Waals surface area contributed by atoms with E-state index in [9.17, 15) is 18.0 Å². The number of aryl methyl sites for hydroxylation is 1. The lowest BCUT2D eigenvalue weighted by Crippen LogP contribution is -2.30. The molecule has 0 saturated carbocycles. The highest BCUT2D eigenvalue weighted by Gasteiger charge is 2.30. The third-order valence-corrected chi connectivity index (χ3v) is 3.18. The Hall–Kier alpha value is -2.50. The summed E-state index contributed by atoms with van der Waals surface area (Å²) in [5, 5.41) is 2.52. The zero-order valence-electron chi connectivity index (χ0n) is 12.6. The van der Waals surface area contributed by atoms with Gasteiger partial charge in [0.2, 0.25) is 0 Å². The number of halogens is 3. The highest BCUT2D eigenvalue weighted by molar-refractivity contribution is 5.94. The van der Waals surface area contributed by atoms with Crippen LogP contribution in [0.5, 0.6) is 5.75 Å². The van der Waals surface area contributed by atoms with Crippen molar-refractivity contribution in [3.63, 3.8) is 0 Å². The molecule has 122 valence electrons. The molecule has 1 amide bonds. The Morgan fingerprint density at radius 2 is 1.61 bits per heavy atom. The molecule has 0 heterocycles. The summed E-state index contributed by atoms with van der Waals surface area (Å²) >= 11 is 0. The van der Waals surface area contributed by atoms with Crippen LogP contribution < -0.4 is 10.1 Å². The van der Waals surface area contributed by atoms with Gasteiger partial charge < -0.3 is 10.1 Å². The number of alkyl halides is 3. The number of rotatable bonds is 4. The number of carbonyl (C=O) groups excluding carboxylic acids is 1. The number of amides is 1. The van der Waals surface area contributed by atoms with Crippen LogP contribution in [0.25, 0.3) is 0 Å². The van der Waals surface area contributed by atoms with E-state index in [4.69, 9.17) is 4.74 Å². The fraction of sp³-hybridized carbons (Fsp3) is 0.235. The lowest BCUT2D eigenvalue weighted by molar-refractivity contribution is -0.137. The molecule has 2 rings (SSSR count). The van der Waals surface area contributed by atoms with E-state index in [1.54, 1.807) is 19.1 Å². The number of nitrogens with one attached hydrogen (secondary N) is 1. The standard InChI is InChI=1S/C17H16F3NO2/c1-11-3-9-15(10-4-11)23-12(2)16(22)21-14-7-5-13(6-8-14)17(18,19)20/h3-10,12H,1-2H3,(H,21,22)/t12-/m0/s1. The smallest absolute Gasteiger partial charge is 0.416 e. The van der Waals surface area contributed by atoms with Crippen molar-refractivity contribution in [1.29, 1.82) is 0 Å². The van der Waals surface area contributed by atoms with Gasteiger partial charge in [-0.25, -0.2) is 0 Å². The van der Waals surface area contributed by atoms with Gasteiger partial charge in [0.05, 0.1) is 5.56 Å². The summed E-state index contributed by atoms with van der Waals surface area (Å²) in [6.45, 7) is 3.50. The first-order valence-electron chi connectivity index (χ1n) is 6.97. The Labute approximate surface area is 132 Å². The molecule has 0 saturated heterocycles. The van der Waals surface area contributed by atoms with E-state index < -0.39 is 23.8 Å². The van der Waals surface area contributed by atoms with Crippen molar-refractivity contribution in [2.24, 2.45) is 0 Å². The second-order valence-electron chi connectivity index (χ2n) is 5.14. The van der Waals surface area contributed by atoms with Gasteiger partial charge >= 0.3 is 6.18 Å². The summed E-state index contributed by atoms with van der Waals surface area (Å²) in [5.41, 5.74) is 0.584. The minimum Gasteiger partial charge on any atom is -0.481 e. The van der Waals surface area contributed by atoms with Crippen molar-refractivity contribution >= 4 is 11.6 Å². The van der Waals surface area contributed by atoms with Crippen LogP contribution in [0.3, 0.4) is 0 Å². The van der Waals surface area contributed by atoms with E-state index >= 15 is 0 Å². The molecule has 2 aromatic carbocycles. The van der Waals surface area contributed by atoms with Crippen LogP contribution in [0.4, 0.5) is 18.9 Å². The Kier molecular flexibility index (Phi) is 4.93. The maximum absolute atomic E-state index is 12.5. The largest absolute Gasteiger partial charge is 0.481 e. The van der Waals surface area contributed by atoms with Crippen LogP contribution in [0, 0.1) is 6.92 Å². The third-order valence-electron chi connectivity index (χ3n) is 3.18. The minimum absolute atomic E-state index is 0.280. The second kappa shape index (κ2) is 6.73. The second-order valence-corrected chi connectivity index (χ2v) is 5.14. The normalized spacial score (nSPS) is 12.6. The van der Waals surface area contributed by atoms with Crippen molar-refractivity contribution in [3.05, 3.63) is 59.7 Å². The lowest BCUT2D eigenvalue weighted by Gasteiger charge is -2.15. The maximum Gasteiger partial charge on any atom is 0.416 e. The van der Waals surface area contributed by atoms with Crippen LogP contribution in [0.1, 0.15) is 18.1 Å². The molecule has 1 N–H and O–H groups in total. The SMILES string of the molecule is Cc1ccc(O[C@@H](C)C(=O)Nc2ccc(C(F)(F)F)cc2)cc1. The van der Waals surface area contributed by atoms with Gasteiger partial charge in [-0.3, -0.25) is 4.79 Å². The van der Waals surface area contributed by atoms with Gasteiger partial charge in [-0.2, -0.15) is 13.2 Å². The number of anilines is 1. The van der Waals surface area contributed by atoms with E-state index in [2.05, 4.69) is 5.32 Å². The van der Waals surface area contributed by atoms with E-state index in [0.29, 0.717) is 5.75 Å². The third kappa shape index (κ3) is 4.74. The highest BCUT2D eigenvalue weighted by atomic mass is 19.4. The lowest BCUT2D eigenvalue weighted by atomic mass is 10.2. The van der Waals surface area contributed by atoms with Crippen LogP contribution in [0.15, 0.2) is 48.5 Å². The fourth-order valence-corrected chi connectivity index (χ4v) is 1.86. The molecule has 23 heavy (non-hydrogen) atoms. The first-order chi connectivity index (χ1) is 10.8. The van der Waals surface area contributed by atoms with Gasteiger partial charge in [0.1, 0.15) is 5.75 Å². The predicted molar refractivity (Wildman–Crippen MR) is 81.3 cm³/mol. The molecule has 3 nitrogen and oxygen atoms in total. The number of carbonyl (C=O) groups is 1. The molecule has 0 aliphatic rings. The summed E-state index contributed by atoms with van der Waals surface area (Å²) in [4.78, 5) is 12.0. The van der Waals surface area contributed by atoms with Crippen LogP contribution in [0.2, 0.25) is 0 Å². The molecule has 6 heteroatoms. The fourth-order valence-electron chi connectivity index (χ4n) is 1.86. The van der Waals surface area contributed by atoms with Crippen molar-refractivity contribution in [2.75, 3.05) is 5.32 Å². The number of hydrogen-bond donors (Lipinski definition) is 1. The van der Waals surface area contributed by atoms with Gasteiger partial charge in [0.25, 0.3) is 5.91 Å². The summed E-state index contributed by atoms with van der Waals surface area (Å²) < 4.78 is 42.9. The van der Waals surface area contributed by atoms with Crippen molar-refractivity contribution in [1.82, 2.24) is 0 Å². The predicted octanol–water partition coefficient (Wildman–Crippen LogP) is 4.42. The van der Waals surface area contributed by atoms with Gasteiger partial charge in [-0.05, 0) is 50.2 Å². The molecule has 0 fully saturated rings. The maximum atomic E-state index is 12.5. The Morgan fingerprint density at radius 1 is 1.04 bits per heavy atom. The topological polar surface area (TPSA) is 38.3 Å². The zero-order valence-corrected chi connectivity index (χ0v) is 12.6. The van der Waals surface area contributed by atoms with Gasteiger partial charge in [0.15, 0.2) is 6.10 Å². The number of benzene rings is 2. The van der Waals surface area contributed by atoms with E-state index in [0.717, 1.165) is 17.7 Å². The van der Waals surface area contributed by atoms with Crippen LogP contribution >= 0.6 is 0 Å². The van der Waals surface area contributed by atoms with Gasteiger partial charge in [-0.1, -0.05) is 17.7 Å². The van der Waals surface area contributed by atoms with Gasteiger partial charge in [-0.15, -0.1) is 0 Å². The van der Waals surface area contributed by atoms with E-state index in [-0.39, 0.29) is 5.69 Å². The first kappa shape index (κ1) is 16.9. The van der Waals surface area contributed by atoms with Crippen molar-refractivity contribution in [2.45, 2.75) is 26.1 Å². The quantitative estimate of drug-likeness (QED) is 0.904. The molecule has 0 unspecified atom stereocenters. The molecule has 1 atom stereocenters. The average Bonchev–Trinajstić information content (AvgIpc) is 2.49. The summed E-state index contributed by atoms with van der Waals surface area (Å²) in [6.07, 6.45) is -5.18. The monoisotopic (exact) mass is 323 g/mol. The minimum atomic E-state index is -4.40. The number of ether oxygens (including phenoxy) is 1. The molecule has 0 aliphatic carbocycles. The van der Waals surface area contributed by atoms with Crippen LogP contribution in [-0.2, 0) is 11.0 Å². The highest BCUT2D eigenvalue weighted by Crippen LogP contribution is 2.29. The molecule has 0 radical (unpaired) electrons. The van der Waals surface area contributed by atoms with Crippen molar-refractivity contribution < 1.29 is 22.7 Å².